The van der Waals surface area contributed by atoms with Crippen molar-refractivity contribution in [1.82, 2.24) is 4.90 Å². The molecule has 1 N–H and O–H groups in total. The van der Waals surface area contributed by atoms with E-state index in [9.17, 15) is 14.4 Å². The van der Waals surface area contributed by atoms with E-state index < -0.39 is 18.0 Å². The summed E-state index contributed by atoms with van der Waals surface area (Å²) in [6.45, 7) is 2.94. The van der Waals surface area contributed by atoms with Crippen LogP contribution < -0.4 is 5.32 Å². The lowest BCUT2D eigenvalue weighted by molar-refractivity contribution is -0.138. The van der Waals surface area contributed by atoms with Crippen molar-refractivity contribution < 1.29 is 23.5 Å². The highest BCUT2D eigenvalue weighted by Gasteiger charge is 2.27. The Labute approximate surface area is 150 Å². The quantitative estimate of drug-likeness (QED) is 0.832. The molecule has 136 valence electrons. The molecule has 0 aliphatic carbocycles. The Balaban J connectivity index is 1.69. The van der Waals surface area contributed by atoms with Crippen molar-refractivity contribution in [3.05, 3.63) is 54.0 Å². The number of hydrogen-bond donors (Lipinski definition) is 1. The predicted molar refractivity (Wildman–Crippen MR) is 93.8 cm³/mol. The van der Waals surface area contributed by atoms with Gasteiger partial charge in [-0.1, -0.05) is 12.1 Å². The van der Waals surface area contributed by atoms with Gasteiger partial charge >= 0.3 is 5.97 Å². The second kappa shape index (κ2) is 7.86. The average Bonchev–Trinajstić information content (AvgIpc) is 3.35. The zero-order valence-electron chi connectivity index (χ0n) is 14.4. The van der Waals surface area contributed by atoms with Crippen LogP contribution in [-0.2, 0) is 9.53 Å². The number of carbonyl (C=O) groups is 3. The van der Waals surface area contributed by atoms with Crippen LogP contribution in [0.15, 0.2) is 47.1 Å². The SMILES string of the molecule is C[C@@H](OC(=O)c1ccccc1NC(=O)c1ccco1)C(=O)N1CCCC1. The lowest BCUT2D eigenvalue weighted by Crippen LogP contribution is -2.38. The van der Waals surface area contributed by atoms with Crippen LogP contribution in [-0.4, -0.2) is 41.9 Å². The van der Waals surface area contributed by atoms with E-state index in [1.807, 2.05) is 0 Å². The molecule has 1 fully saturated rings. The molecular weight excluding hydrogens is 336 g/mol. The maximum atomic E-state index is 12.5. The first-order chi connectivity index (χ1) is 12.6. The molecule has 2 heterocycles. The number of para-hydroxylation sites is 1. The molecule has 1 aromatic carbocycles. The summed E-state index contributed by atoms with van der Waals surface area (Å²) in [5.74, 6) is -1.21. The van der Waals surface area contributed by atoms with Gasteiger partial charge in [0.25, 0.3) is 11.8 Å². The number of anilines is 1. The summed E-state index contributed by atoms with van der Waals surface area (Å²) in [7, 11) is 0. The molecule has 0 spiro atoms. The van der Waals surface area contributed by atoms with Crippen LogP contribution in [0.4, 0.5) is 5.69 Å². The van der Waals surface area contributed by atoms with Gasteiger partial charge in [-0.2, -0.15) is 0 Å². The molecular formula is C19H20N2O5. The third kappa shape index (κ3) is 3.93. The van der Waals surface area contributed by atoms with Crippen molar-refractivity contribution in [2.24, 2.45) is 0 Å². The van der Waals surface area contributed by atoms with Gasteiger partial charge in [0.2, 0.25) is 0 Å². The second-order valence-corrected chi connectivity index (χ2v) is 6.06. The van der Waals surface area contributed by atoms with Crippen molar-refractivity contribution in [1.29, 1.82) is 0 Å². The van der Waals surface area contributed by atoms with Crippen LogP contribution in [0.3, 0.4) is 0 Å². The van der Waals surface area contributed by atoms with E-state index in [0.717, 1.165) is 12.8 Å². The van der Waals surface area contributed by atoms with E-state index in [1.54, 1.807) is 36.1 Å². The maximum Gasteiger partial charge on any atom is 0.341 e. The molecule has 7 nitrogen and oxygen atoms in total. The lowest BCUT2D eigenvalue weighted by Gasteiger charge is -2.20. The monoisotopic (exact) mass is 356 g/mol. The summed E-state index contributed by atoms with van der Waals surface area (Å²) in [6, 6.07) is 9.59. The Morgan fingerprint density at radius 1 is 1.12 bits per heavy atom. The fourth-order valence-corrected chi connectivity index (χ4v) is 2.83. The highest BCUT2D eigenvalue weighted by molar-refractivity contribution is 6.06. The fraction of sp³-hybridized carbons (Fsp3) is 0.316. The van der Waals surface area contributed by atoms with Gasteiger partial charge in [-0.25, -0.2) is 4.79 Å². The highest BCUT2D eigenvalue weighted by atomic mass is 16.5. The zero-order valence-corrected chi connectivity index (χ0v) is 14.4. The van der Waals surface area contributed by atoms with Crippen LogP contribution in [0.1, 0.15) is 40.7 Å². The number of ether oxygens (including phenoxy) is 1. The van der Waals surface area contributed by atoms with Gasteiger partial charge in [0, 0.05) is 13.1 Å². The normalized spacial score (nSPS) is 14.7. The van der Waals surface area contributed by atoms with Crippen molar-refractivity contribution in [2.75, 3.05) is 18.4 Å². The maximum absolute atomic E-state index is 12.5. The predicted octanol–water partition coefficient (Wildman–Crippen LogP) is 2.70. The molecule has 0 saturated carbocycles. The molecule has 1 atom stereocenters. The number of nitrogens with one attached hydrogen (secondary N) is 1. The molecule has 7 heteroatoms. The van der Waals surface area contributed by atoms with Gasteiger partial charge < -0.3 is 19.4 Å². The zero-order chi connectivity index (χ0) is 18.5. The largest absolute Gasteiger partial charge is 0.459 e. The molecule has 1 aromatic heterocycles. The average molecular weight is 356 g/mol. The van der Waals surface area contributed by atoms with E-state index in [-0.39, 0.29) is 17.2 Å². The van der Waals surface area contributed by atoms with E-state index >= 15 is 0 Å². The van der Waals surface area contributed by atoms with Crippen molar-refractivity contribution in [2.45, 2.75) is 25.9 Å². The molecule has 1 saturated heterocycles. The molecule has 3 rings (SSSR count). The van der Waals surface area contributed by atoms with Crippen molar-refractivity contribution in [3.8, 4) is 0 Å². The van der Waals surface area contributed by atoms with Crippen molar-refractivity contribution >= 4 is 23.5 Å². The number of likely N-dealkylation sites (tertiary alicyclic amines) is 1. The van der Waals surface area contributed by atoms with Gasteiger partial charge in [-0.3, -0.25) is 9.59 Å². The van der Waals surface area contributed by atoms with Gasteiger partial charge in [-0.15, -0.1) is 0 Å². The minimum Gasteiger partial charge on any atom is -0.459 e. The number of amides is 2. The first-order valence-corrected chi connectivity index (χ1v) is 8.50. The summed E-state index contributed by atoms with van der Waals surface area (Å²) in [4.78, 5) is 38.6. The van der Waals surface area contributed by atoms with Crippen LogP contribution in [0.25, 0.3) is 0 Å². The summed E-state index contributed by atoms with van der Waals surface area (Å²) < 4.78 is 10.4. The lowest BCUT2D eigenvalue weighted by atomic mass is 10.1. The molecule has 1 aliphatic rings. The van der Waals surface area contributed by atoms with Crippen molar-refractivity contribution in [3.63, 3.8) is 0 Å². The smallest absolute Gasteiger partial charge is 0.341 e. The number of nitrogens with zero attached hydrogens (tertiary/aromatic N) is 1. The molecule has 0 bridgehead atoms. The first kappa shape index (κ1) is 17.7. The number of esters is 1. The molecule has 0 unspecified atom stereocenters. The Bertz CT molecular complexity index is 794. The Hall–Kier alpha value is -3.09. The third-order valence-corrected chi connectivity index (χ3v) is 4.19. The molecule has 1 aliphatic heterocycles. The van der Waals surface area contributed by atoms with Crippen LogP contribution in [0.5, 0.6) is 0 Å². The van der Waals surface area contributed by atoms with Gasteiger partial charge in [0.15, 0.2) is 11.9 Å². The van der Waals surface area contributed by atoms with Gasteiger partial charge in [-0.05, 0) is 44.0 Å². The minimum absolute atomic E-state index is 0.130. The summed E-state index contributed by atoms with van der Waals surface area (Å²) >= 11 is 0. The standard InChI is InChI=1S/C19H20N2O5/c1-13(18(23)21-10-4-5-11-21)26-19(24)14-7-2-3-8-15(14)20-17(22)16-9-6-12-25-16/h2-3,6-9,12-13H,4-5,10-11H2,1H3,(H,20,22)/t13-/m1/s1. The van der Waals surface area contributed by atoms with Gasteiger partial charge in [0.1, 0.15) is 0 Å². The summed E-state index contributed by atoms with van der Waals surface area (Å²) in [5.41, 5.74) is 0.466. The van der Waals surface area contributed by atoms with Crippen LogP contribution in [0.2, 0.25) is 0 Å². The van der Waals surface area contributed by atoms with E-state index in [1.165, 1.54) is 18.4 Å². The highest BCUT2D eigenvalue weighted by Crippen LogP contribution is 2.19. The summed E-state index contributed by atoms with van der Waals surface area (Å²) in [5, 5.41) is 2.62. The number of furan rings is 1. The number of carbonyl (C=O) groups excluding carboxylic acids is 3. The summed E-state index contributed by atoms with van der Waals surface area (Å²) in [6.07, 6.45) is 2.44. The van der Waals surface area contributed by atoms with Crippen LogP contribution >= 0.6 is 0 Å². The third-order valence-electron chi connectivity index (χ3n) is 4.19. The van der Waals surface area contributed by atoms with Gasteiger partial charge in [0.05, 0.1) is 17.5 Å². The first-order valence-electron chi connectivity index (χ1n) is 8.50. The second-order valence-electron chi connectivity index (χ2n) is 6.06. The van der Waals surface area contributed by atoms with E-state index in [0.29, 0.717) is 18.8 Å². The molecule has 2 amide bonds. The Morgan fingerprint density at radius 3 is 2.54 bits per heavy atom. The van der Waals surface area contributed by atoms with E-state index in [4.69, 9.17) is 9.15 Å². The van der Waals surface area contributed by atoms with Crippen LogP contribution in [0, 0.1) is 0 Å². The molecule has 2 aromatic rings. The fourth-order valence-electron chi connectivity index (χ4n) is 2.83. The Morgan fingerprint density at radius 2 is 1.85 bits per heavy atom. The van der Waals surface area contributed by atoms with E-state index in [2.05, 4.69) is 5.32 Å². The molecule has 26 heavy (non-hydrogen) atoms. The minimum atomic E-state index is -0.880. The number of benzene rings is 1. The number of rotatable bonds is 5. The topological polar surface area (TPSA) is 88.8 Å². The molecule has 0 radical (unpaired) electrons. The number of hydrogen-bond acceptors (Lipinski definition) is 5. The Kier molecular flexibility index (Phi) is 5.36.